The number of H-pyrrole nitrogens is 1. The van der Waals surface area contributed by atoms with E-state index in [-0.39, 0.29) is 19.0 Å². The minimum atomic E-state index is -0.986. The van der Waals surface area contributed by atoms with Crippen molar-refractivity contribution in [3.8, 4) is 0 Å². The molecule has 3 aromatic rings. The van der Waals surface area contributed by atoms with Gasteiger partial charge in [0.15, 0.2) is 0 Å². The molecule has 0 bridgehead atoms. The summed E-state index contributed by atoms with van der Waals surface area (Å²) < 4.78 is 0. The Morgan fingerprint density at radius 2 is 1.80 bits per heavy atom. The first-order valence-electron chi connectivity index (χ1n) is 9.68. The molecule has 1 aliphatic heterocycles. The van der Waals surface area contributed by atoms with E-state index in [1.807, 2.05) is 30.3 Å². The van der Waals surface area contributed by atoms with Crippen LogP contribution < -0.4 is 5.32 Å². The minimum Gasteiger partial charge on any atom is -0.388 e. The van der Waals surface area contributed by atoms with Gasteiger partial charge in [0.05, 0.1) is 12.2 Å². The average molecular weight is 428 g/mol. The fourth-order valence-electron chi connectivity index (χ4n) is 3.68. The molecule has 1 fully saturated rings. The second-order valence-corrected chi connectivity index (χ2v) is 7.94. The van der Waals surface area contributed by atoms with E-state index in [0.29, 0.717) is 17.1 Å². The first-order chi connectivity index (χ1) is 14.4. The third-order valence-electron chi connectivity index (χ3n) is 5.28. The summed E-state index contributed by atoms with van der Waals surface area (Å²) in [6.45, 7) is 0.0676. The molecule has 3 unspecified atom stereocenters. The van der Waals surface area contributed by atoms with Crippen LogP contribution >= 0.6 is 11.6 Å². The van der Waals surface area contributed by atoms with E-state index in [2.05, 4.69) is 10.3 Å². The van der Waals surface area contributed by atoms with Crippen LogP contribution in [0.5, 0.6) is 0 Å². The number of rotatable bonds is 5. The predicted octanol–water partition coefficient (Wildman–Crippen LogP) is 1.73. The number of halogens is 1. The molecule has 3 atom stereocenters. The lowest BCUT2D eigenvalue weighted by Crippen LogP contribution is -2.49. The van der Waals surface area contributed by atoms with Crippen LogP contribution in [0, 0.1) is 0 Å². The van der Waals surface area contributed by atoms with Crippen molar-refractivity contribution in [2.75, 3.05) is 13.1 Å². The molecule has 8 heteroatoms. The van der Waals surface area contributed by atoms with E-state index < -0.39 is 24.2 Å². The highest BCUT2D eigenvalue weighted by Crippen LogP contribution is 2.20. The molecule has 2 aromatic carbocycles. The number of amides is 2. The van der Waals surface area contributed by atoms with E-state index in [0.717, 1.165) is 16.5 Å². The molecule has 2 amide bonds. The number of β-amino-alcohol motifs (C(OH)–C–C–N with tert-alkyl or cyclic N) is 2. The van der Waals surface area contributed by atoms with Gasteiger partial charge in [0.2, 0.25) is 5.91 Å². The second kappa shape index (κ2) is 8.47. The zero-order valence-electron chi connectivity index (χ0n) is 16.1. The number of nitrogens with one attached hydrogen (secondary N) is 2. The maximum atomic E-state index is 13.1. The van der Waals surface area contributed by atoms with Crippen LogP contribution in [-0.2, 0) is 11.2 Å². The number of aromatic nitrogens is 1. The summed E-state index contributed by atoms with van der Waals surface area (Å²) in [4.78, 5) is 30.4. The lowest BCUT2D eigenvalue weighted by atomic mass is 10.0. The third-order valence-corrected chi connectivity index (χ3v) is 5.52. The van der Waals surface area contributed by atoms with Gasteiger partial charge in [-0.25, -0.2) is 0 Å². The van der Waals surface area contributed by atoms with Gasteiger partial charge in [-0.3, -0.25) is 9.59 Å². The number of hydrogen-bond acceptors (Lipinski definition) is 4. The highest BCUT2D eigenvalue weighted by molar-refractivity contribution is 6.31. The Hall–Kier alpha value is -2.87. The van der Waals surface area contributed by atoms with Crippen LogP contribution in [0.25, 0.3) is 10.9 Å². The highest BCUT2D eigenvalue weighted by Gasteiger charge is 2.36. The summed E-state index contributed by atoms with van der Waals surface area (Å²) in [5, 5.41) is 23.8. The van der Waals surface area contributed by atoms with E-state index in [1.54, 1.807) is 24.3 Å². The van der Waals surface area contributed by atoms with Crippen LogP contribution in [-0.4, -0.2) is 63.3 Å². The summed E-state index contributed by atoms with van der Waals surface area (Å²) in [6.07, 6.45) is -1.68. The van der Waals surface area contributed by atoms with Gasteiger partial charge in [0.25, 0.3) is 5.91 Å². The molecular weight excluding hydrogens is 406 g/mol. The molecule has 0 saturated carbocycles. The summed E-state index contributed by atoms with van der Waals surface area (Å²) in [6, 6.07) is 15.5. The maximum Gasteiger partial charge on any atom is 0.268 e. The van der Waals surface area contributed by atoms with Gasteiger partial charge >= 0.3 is 0 Å². The number of fused-ring (bicyclic) bond motifs is 1. The number of aromatic amines is 1. The fourth-order valence-corrected chi connectivity index (χ4v) is 3.86. The number of carbonyl (C=O) groups is 2. The van der Waals surface area contributed by atoms with Crippen LogP contribution in [0.15, 0.2) is 54.6 Å². The molecule has 4 rings (SSSR count). The Balaban J connectivity index is 1.56. The summed E-state index contributed by atoms with van der Waals surface area (Å²) in [5.74, 6) is -0.765. The van der Waals surface area contributed by atoms with Gasteiger partial charge in [0.1, 0.15) is 11.7 Å². The summed E-state index contributed by atoms with van der Waals surface area (Å²) in [5.41, 5.74) is 1.97. The molecule has 1 aliphatic rings. The van der Waals surface area contributed by atoms with E-state index in [4.69, 9.17) is 11.6 Å². The first-order valence-corrected chi connectivity index (χ1v) is 10.1. The highest BCUT2D eigenvalue weighted by atomic mass is 35.5. The Kier molecular flexibility index (Phi) is 5.76. The smallest absolute Gasteiger partial charge is 0.268 e. The lowest BCUT2D eigenvalue weighted by Gasteiger charge is -2.24. The van der Waals surface area contributed by atoms with Crippen molar-refractivity contribution < 1.29 is 19.8 Å². The van der Waals surface area contributed by atoms with E-state index in [9.17, 15) is 19.8 Å². The van der Waals surface area contributed by atoms with Crippen molar-refractivity contribution >= 4 is 34.3 Å². The summed E-state index contributed by atoms with van der Waals surface area (Å²) in [7, 11) is 0. The van der Waals surface area contributed by atoms with Crippen molar-refractivity contribution in [1.29, 1.82) is 0 Å². The monoisotopic (exact) mass is 427 g/mol. The Labute approximate surface area is 178 Å². The number of aliphatic hydroxyl groups excluding tert-OH is 2. The quantitative estimate of drug-likeness (QED) is 0.497. The maximum absolute atomic E-state index is 13.1. The van der Waals surface area contributed by atoms with Crippen molar-refractivity contribution in [2.24, 2.45) is 0 Å². The number of likely N-dealkylation sites (tertiary alicyclic amines) is 1. The molecule has 0 radical (unpaired) electrons. The molecule has 30 heavy (non-hydrogen) atoms. The van der Waals surface area contributed by atoms with Gasteiger partial charge in [0, 0.05) is 35.4 Å². The molecule has 1 saturated heterocycles. The van der Waals surface area contributed by atoms with Crippen molar-refractivity contribution in [3.05, 3.63) is 70.9 Å². The van der Waals surface area contributed by atoms with Gasteiger partial charge < -0.3 is 25.4 Å². The molecule has 156 valence electrons. The number of hydrogen-bond donors (Lipinski definition) is 4. The van der Waals surface area contributed by atoms with E-state index >= 15 is 0 Å². The number of benzene rings is 2. The largest absolute Gasteiger partial charge is 0.388 e. The first kappa shape index (κ1) is 20.4. The zero-order chi connectivity index (χ0) is 21.3. The molecule has 7 nitrogen and oxygen atoms in total. The lowest BCUT2D eigenvalue weighted by molar-refractivity contribution is -0.132. The standard InChI is InChI=1S/C22H22ClN3O4/c23-15-6-7-16-14(9-15)10-17(24-16)21(29)25-18(8-13-4-2-1-3-5-13)22(30)26-11-19(27)20(28)12-26/h1-7,9-10,18-20,24,27-28H,8,11-12H2,(H,25,29). The Morgan fingerprint density at radius 3 is 2.50 bits per heavy atom. The predicted molar refractivity (Wildman–Crippen MR) is 113 cm³/mol. The number of carbonyl (C=O) groups excluding carboxylic acids is 2. The fraction of sp³-hybridized carbons (Fsp3) is 0.273. The normalized spacial score (nSPS) is 19.8. The van der Waals surface area contributed by atoms with Crippen molar-refractivity contribution in [3.63, 3.8) is 0 Å². The number of aliphatic hydroxyl groups is 2. The Morgan fingerprint density at radius 1 is 1.10 bits per heavy atom. The van der Waals surface area contributed by atoms with Crippen LogP contribution in [0.3, 0.4) is 0 Å². The number of nitrogens with zero attached hydrogens (tertiary/aromatic N) is 1. The van der Waals surface area contributed by atoms with Crippen LogP contribution in [0.2, 0.25) is 5.02 Å². The summed E-state index contributed by atoms with van der Waals surface area (Å²) >= 11 is 6.01. The SMILES string of the molecule is O=C(NC(Cc1ccccc1)C(=O)N1CC(O)C(O)C1)c1cc2cc(Cl)ccc2[nH]1. The minimum absolute atomic E-state index is 0.0338. The van der Waals surface area contributed by atoms with Gasteiger partial charge in [-0.2, -0.15) is 0 Å². The molecule has 0 spiro atoms. The molecule has 0 aliphatic carbocycles. The van der Waals surface area contributed by atoms with Gasteiger partial charge in [-0.1, -0.05) is 41.9 Å². The average Bonchev–Trinajstić information content (AvgIpc) is 3.30. The van der Waals surface area contributed by atoms with Gasteiger partial charge in [-0.15, -0.1) is 0 Å². The van der Waals surface area contributed by atoms with E-state index in [1.165, 1.54) is 4.90 Å². The molecule has 1 aromatic heterocycles. The van der Waals surface area contributed by atoms with Crippen molar-refractivity contribution in [1.82, 2.24) is 15.2 Å². The second-order valence-electron chi connectivity index (χ2n) is 7.51. The van der Waals surface area contributed by atoms with Crippen LogP contribution in [0.4, 0.5) is 0 Å². The topological polar surface area (TPSA) is 106 Å². The molecule has 4 N–H and O–H groups in total. The zero-order valence-corrected chi connectivity index (χ0v) is 16.8. The van der Waals surface area contributed by atoms with Crippen molar-refractivity contribution in [2.45, 2.75) is 24.7 Å². The van der Waals surface area contributed by atoms with Gasteiger partial charge in [-0.05, 0) is 29.8 Å². The molecule has 2 heterocycles. The van der Waals surface area contributed by atoms with Crippen LogP contribution in [0.1, 0.15) is 16.1 Å². The Bertz CT molecular complexity index is 1060. The third kappa shape index (κ3) is 4.33. The molecular formula is C22H22ClN3O4.